The highest BCUT2D eigenvalue weighted by molar-refractivity contribution is 5.97. The summed E-state index contributed by atoms with van der Waals surface area (Å²) in [5.74, 6) is 0. The predicted octanol–water partition coefficient (Wildman–Crippen LogP) is 0.496. The van der Waals surface area contributed by atoms with Crippen molar-refractivity contribution in [2.75, 3.05) is 6.61 Å². The van der Waals surface area contributed by atoms with Gasteiger partial charge >= 0.3 is 22.1 Å². The lowest BCUT2D eigenvalue weighted by atomic mass is 10.5. The van der Waals surface area contributed by atoms with Crippen LogP contribution in [0.1, 0.15) is 13.3 Å². The number of hydrogen-bond donors (Lipinski definition) is 0. The van der Waals surface area contributed by atoms with Crippen LogP contribution in [-0.4, -0.2) is 28.7 Å². The first-order chi connectivity index (χ1) is 2.41. The quantitative estimate of drug-likeness (QED) is 0.442. The van der Waals surface area contributed by atoms with Crippen LogP contribution in [0, 0.1) is 0 Å². The molecular weight excluding hydrogens is 76.3 g/mol. The van der Waals surface area contributed by atoms with Gasteiger partial charge in [-0.25, -0.2) is 0 Å². The van der Waals surface area contributed by atoms with Crippen molar-refractivity contribution in [1.82, 2.24) is 0 Å². The van der Waals surface area contributed by atoms with Crippen molar-refractivity contribution in [3.8, 4) is 0 Å². The Bertz CT molecular complexity index is 14.4. The van der Waals surface area contributed by atoms with E-state index in [0.717, 1.165) is 13.0 Å². The zero-order valence-electron chi connectivity index (χ0n) is 3.53. The Kier molecular flexibility index (Phi) is 5.41. The molecule has 1 radical (unpaired) electrons. The molecule has 0 saturated heterocycles. The fraction of sp³-hybridized carbons (Fsp3) is 1.00. The minimum Gasteiger partial charge on any atom is -0.584 e. The summed E-state index contributed by atoms with van der Waals surface area (Å²) in [6, 6.07) is 0. The van der Waals surface area contributed by atoms with E-state index in [0.29, 0.717) is 0 Å². The van der Waals surface area contributed by atoms with Crippen molar-refractivity contribution < 1.29 is 3.17 Å². The van der Waals surface area contributed by atoms with Crippen molar-refractivity contribution in [1.29, 1.82) is 0 Å². The van der Waals surface area contributed by atoms with Crippen LogP contribution >= 0.6 is 0 Å². The highest BCUT2D eigenvalue weighted by Crippen LogP contribution is 1.69. The summed E-state index contributed by atoms with van der Waals surface area (Å²) in [5, 5.41) is 0. The van der Waals surface area contributed by atoms with Gasteiger partial charge in [-0.3, -0.25) is 0 Å². The molecule has 0 aromatic rings. The second-order valence-electron chi connectivity index (χ2n) is 0.908. The summed E-state index contributed by atoms with van der Waals surface area (Å²) in [7, 11) is 0. The van der Waals surface area contributed by atoms with Gasteiger partial charge in [0.2, 0.25) is 0 Å². The van der Waals surface area contributed by atoms with E-state index in [1.54, 1.807) is 22.1 Å². The minimum atomic E-state index is 0.901. The van der Waals surface area contributed by atoms with E-state index in [2.05, 4.69) is 6.92 Å². The predicted molar refractivity (Wildman–Crippen MR) is 22.0 cm³/mol. The first-order valence-corrected chi connectivity index (χ1v) is 2.36. The SMILES string of the molecule is CCC[O][Mg]. The molecule has 0 aliphatic rings. The van der Waals surface area contributed by atoms with Crippen LogP contribution in [0.4, 0.5) is 0 Å². The summed E-state index contributed by atoms with van der Waals surface area (Å²) in [6.45, 7) is 2.99. The zero-order valence-corrected chi connectivity index (χ0v) is 4.94. The van der Waals surface area contributed by atoms with Gasteiger partial charge in [0.1, 0.15) is 0 Å². The average Bonchev–Trinajstić information content (AvgIpc) is 1.41. The van der Waals surface area contributed by atoms with Crippen LogP contribution in [0.5, 0.6) is 0 Å². The molecule has 2 heteroatoms. The largest absolute Gasteiger partial charge is 0.584 e. The molecular formula is C3H7MgO. The molecule has 0 aromatic carbocycles. The van der Waals surface area contributed by atoms with Crippen molar-refractivity contribution in [2.24, 2.45) is 0 Å². The standard InChI is InChI=1S/C3H7O.Mg/c1-2-3-4;/h2-3H2,1H3;/q-1;+1. The third-order valence-electron chi connectivity index (χ3n) is 0.348. The Morgan fingerprint density at radius 1 is 1.80 bits per heavy atom. The maximum Gasteiger partial charge on any atom is 0.452 e. The summed E-state index contributed by atoms with van der Waals surface area (Å²) >= 11 is 1.55. The lowest BCUT2D eigenvalue weighted by Gasteiger charge is -1.89. The van der Waals surface area contributed by atoms with Crippen molar-refractivity contribution >= 4 is 22.1 Å². The van der Waals surface area contributed by atoms with Gasteiger partial charge in [-0.15, -0.1) is 0 Å². The van der Waals surface area contributed by atoms with E-state index < -0.39 is 0 Å². The zero-order chi connectivity index (χ0) is 4.12. The Balaban J connectivity index is 2.19. The minimum absolute atomic E-state index is 0.901. The lowest BCUT2D eigenvalue weighted by molar-refractivity contribution is 0.349. The molecule has 0 aliphatic heterocycles. The van der Waals surface area contributed by atoms with Crippen LogP contribution in [0.25, 0.3) is 0 Å². The van der Waals surface area contributed by atoms with Crippen LogP contribution < -0.4 is 0 Å². The fourth-order valence-electron chi connectivity index (χ4n) is 0.144. The van der Waals surface area contributed by atoms with Gasteiger partial charge in [-0.05, 0) is 6.42 Å². The lowest BCUT2D eigenvalue weighted by Crippen LogP contribution is -1.83. The van der Waals surface area contributed by atoms with Crippen LogP contribution in [-0.2, 0) is 3.17 Å². The van der Waals surface area contributed by atoms with Crippen LogP contribution in [0.15, 0.2) is 0 Å². The van der Waals surface area contributed by atoms with E-state index in [1.807, 2.05) is 0 Å². The van der Waals surface area contributed by atoms with E-state index in [1.165, 1.54) is 0 Å². The number of hydrogen-bond acceptors (Lipinski definition) is 1. The van der Waals surface area contributed by atoms with Gasteiger partial charge in [-0.2, -0.15) is 0 Å². The van der Waals surface area contributed by atoms with Crippen LogP contribution in [0.2, 0.25) is 0 Å². The molecule has 1 nitrogen and oxygen atoms in total. The third-order valence-corrected chi connectivity index (χ3v) is 0.637. The summed E-state index contributed by atoms with van der Waals surface area (Å²) in [5.41, 5.74) is 0. The molecule has 0 N–H and O–H groups in total. The van der Waals surface area contributed by atoms with Crippen molar-refractivity contribution in [2.45, 2.75) is 13.3 Å². The van der Waals surface area contributed by atoms with E-state index >= 15 is 0 Å². The van der Waals surface area contributed by atoms with E-state index in [4.69, 9.17) is 3.17 Å². The van der Waals surface area contributed by atoms with Crippen molar-refractivity contribution in [3.63, 3.8) is 0 Å². The molecule has 0 heterocycles. The maximum absolute atomic E-state index is 4.72. The molecule has 5 heavy (non-hydrogen) atoms. The third kappa shape index (κ3) is 4.73. The van der Waals surface area contributed by atoms with Gasteiger partial charge in [-0.1, -0.05) is 6.92 Å². The maximum atomic E-state index is 4.72. The molecule has 0 fully saturated rings. The van der Waals surface area contributed by atoms with E-state index in [-0.39, 0.29) is 0 Å². The normalized spacial score (nSPS) is 8.00. The molecule has 27 valence electrons. The molecule has 0 aromatic heterocycles. The fourth-order valence-corrected chi connectivity index (χ4v) is 0.433. The highest BCUT2D eigenvalue weighted by atomic mass is 24.4. The summed E-state index contributed by atoms with van der Waals surface area (Å²) in [4.78, 5) is 0. The Morgan fingerprint density at radius 3 is 2.40 bits per heavy atom. The molecule has 0 unspecified atom stereocenters. The van der Waals surface area contributed by atoms with E-state index in [9.17, 15) is 0 Å². The first-order valence-electron chi connectivity index (χ1n) is 1.78. The Hall–Kier alpha value is 0.726. The van der Waals surface area contributed by atoms with Gasteiger partial charge in [0.15, 0.2) is 0 Å². The molecule has 0 aliphatic carbocycles. The monoisotopic (exact) mass is 83.0 g/mol. The van der Waals surface area contributed by atoms with Gasteiger partial charge < -0.3 is 3.17 Å². The average molecular weight is 83.4 g/mol. The topological polar surface area (TPSA) is 9.23 Å². The molecule has 0 amide bonds. The summed E-state index contributed by atoms with van der Waals surface area (Å²) < 4.78 is 4.72. The second kappa shape index (κ2) is 4.73. The first kappa shape index (κ1) is 5.73. The van der Waals surface area contributed by atoms with Gasteiger partial charge in [0.05, 0.1) is 0 Å². The molecule has 0 bridgehead atoms. The Morgan fingerprint density at radius 2 is 2.40 bits per heavy atom. The second-order valence-corrected chi connectivity index (χ2v) is 1.32. The molecule has 0 spiro atoms. The number of rotatable bonds is 2. The molecule has 0 rings (SSSR count). The van der Waals surface area contributed by atoms with Crippen molar-refractivity contribution in [3.05, 3.63) is 0 Å². The molecule has 0 atom stereocenters. The molecule has 0 saturated carbocycles. The van der Waals surface area contributed by atoms with Crippen LogP contribution in [0.3, 0.4) is 0 Å². The highest BCUT2D eigenvalue weighted by Gasteiger charge is 1.64. The van der Waals surface area contributed by atoms with Gasteiger partial charge in [0, 0.05) is 6.61 Å². The Labute approximate surface area is 45.7 Å². The smallest absolute Gasteiger partial charge is 0.452 e. The summed E-state index contributed by atoms with van der Waals surface area (Å²) in [6.07, 6.45) is 1.13. The van der Waals surface area contributed by atoms with Gasteiger partial charge in [0.25, 0.3) is 0 Å².